The number of nitrogens with one attached hydrogen (secondary N) is 1. The maximum Gasteiger partial charge on any atom is 0.222 e. The molecule has 0 atom stereocenters. The number of carbonyl (C=O) groups excluding carboxylic acids is 1. The fraction of sp³-hybridized carbons (Fsp3) is 0.111. The maximum atomic E-state index is 11.4. The minimum atomic E-state index is -0.123. The van der Waals surface area contributed by atoms with Gasteiger partial charge < -0.3 is 5.32 Å². The molecule has 1 heterocycles. The zero-order chi connectivity index (χ0) is 16.2. The number of anilines is 1. The smallest absolute Gasteiger partial charge is 0.222 e. The summed E-state index contributed by atoms with van der Waals surface area (Å²) in [7, 11) is 0. The Morgan fingerprint density at radius 1 is 1.13 bits per heavy atom. The second-order valence-electron chi connectivity index (χ2n) is 5.25. The number of carbonyl (C=O) groups is 1. The van der Waals surface area contributed by atoms with Gasteiger partial charge in [-0.15, -0.1) is 0 Å². The van der Waals surface area contributed by atoms with Gasteiger partial charge in [-0.05, 0) is 17.7 Å². The molecule has 0 bridgehead atoms. The van der Waals surface area contributed by atoms with Crippen molar-refractivity contribution in [3.63, 3.8) is 0 Å². The van der Waals surface area contributed by atoms with Crippen LogP contribution in [0, 0.1) is 0 Å². The van der Waals surface area contributed by atoms with Crippen molar-refractivity contribution in [1.82, 2.24) is 9.78 Å². The average molecular weight is 326 g/mol. The average Bonchev–Trinajstić information content (AvgIpc) is 2.91. The molecule has 0 aliphatic carbocycles. The topological polar surface area (TPSA) is 46.9 Å². The van der Waals surface area contributed by atoms with E-state index in [-0.39, 0.29) is 5.91 Å². The minimum Gasteiger partial charge on any atom is -0.311 e. The lowest BCUT2D eigenvalue weighted by Crippen LogP contribution is -2.12. The number of benzene rings is 2. The molecule has 0 aliphatic rings. The SMILES string of the molecule is CC(=O)Nc1cc(-c2ccc(Cl)cc2)nn1Cc1ccccc1. The van der Waals surface area contributed by atoms with E-state index in [9.17, 15) is 4.79 Å². The van der Waals surface area contributed by atoms with Crippen molar-refractivity contribution in [1.29, 1.82) is 0 Å². The second-order valence-corrected chi connectivity index (χ2v) is 5.68. The summed E-state index contributed by atoms with van der Waals surface area (Å²) in [6.07, 6.45) is 0. The van der Waals surface area contributed by atoms with Crippen molar-refractivity contribution < 1.29 is 4.79 Å². The number of amides is 1. The van der Waals surface area contributed by atoms with Crippen LogP contribution in [0.15, 0.2) is 60.7 Å². The van der Waals surface area contributed by atoms with Crippen molar-refractivity contribution in [2.45, 2.75) is 13.5 Å². The van der Waals surface area contributed by atoms with Crippen LogP contribution in [0.1, 0.15) is 12.5 Å². The predicted molar refractivity (Wildman–Crippen MR) is 92.5 cm³/mol. The first kappa shape index (κ1) is 15.3. The van der Waals surface area contributed by atoms with Crippen LogP contribution in [-0.2, 0) is 11.3 Å². The molecule has 116 valence electrons. The Kier molecular flexibility index (Phi) is 4.44. The summed E-state index contributed by atoms with van der Waals surface area (Å²) in [5.41, 5.74) is 2.86. The molecular weight excluding hydrogens is 310 g/mol. The summed E-state index contributed by atoms with van der Waals surface area (Å²) < 4.78 is 1.79. The van der Waals surface area contributed by atoms with E-state index in [1.54, 1.807) is 4.68 Å². The minimum absolute atomic E-state index is 0.123. The van der Waals surface area contributed by atoms with Gasteiger partial charge >= 0.3 is 0 Å². The summed E-state index contributed by atoms with van der Waals surface area (Å²) in [5.74, 6) is 0.549. The first-order valence-electron chi connectivity index (χ1n) is 7.27. The van der Waals surface area contributed by atoms with Crippen LogP contribution in [0.4, 0.5) is 5.82 Å². The normalized spacial score (nSPS) is 10.5. The van der Waals surface area contributed by atoms with Gasteiger partial charge in [0, 0.05) is 23.6 Å². The highest BCUT2D eigenvalue weighted by molar-refractivity contribution is 6.30. The van der Waals surface area contributed by atoms with E-state index < -0.39 is 0 Å². The first-order chi connectivity index (χ1) is 11.1. The van der Waals surface area contributed by atoms with Crippen LogP contribution in [-0.4, -0.2) is 15.7 Å². The van der Waals surface area contributed by atoms with Crippen LogP contribution in [0.5, 0.6) is 0 Å². The Morgan fingerprint density at radius 2 is 1.83 bits per heavy atom. The maximum absolute atomic E-state index is 11.4. The molecule has 0 unspecified atom stereocenters. The molecular formula is C18H16ClN3O. The Morgan fingerprint density at radius 3 is 2.48 bits per heavy atom. The lowest BCUT2D eigenvalue weighted by Gasteiger charge is -2.07. The van der Waals surface area contributed by atoms with Gasteiger partial charge in [0.25, 0.3) is 0 Å². The summed E-state index contributed by atoms with van der Waals surface area (Å²) in [5, 5.41) is 8.13. The molecule has 5 heteroatoms. The van der Waals surface area contributed by atoms with Crippen LogP contribution in [0.2, 0.25) is 5.02 Å². The third kappa shape index (κ3) is 3.79. The third-order valence-electron chi connectivity index (χ3n) is 3.40. The molecule has 23 heavy (non-hydrogen) atoms. The molecule has 1 aromatic heterocycles. The highest BCUT2D eigenvalue weighted by Gasteiger charge is 2.11. The zero-order valence-electron chi connectivity index (χ0n) is 12.7. The van der Waals surface area contributed by atoms with Gasteiger partial charge in [-0.2, -0.15) is 5.10 Å². The number of halogens is 1. The summed E-state index contributed by atoms with van der Waals surface area (Å²) in [6, 6.07) is 19.3. The molecule has 0 aliphatic heterocycles. The molecule has 3 aromatic rings. The second kappa shape index (κ2) is 6.67. The number of rotatable bonds is 4. The highest BCUT2D eigenvalue weighted by Crippen LogP contribution is 2.24. The third-order valence-corrected chi connectivity index (χ3v) is 3.65. The van der Waals surface area contributed by atoms with E-state index in [0.29, 0.717) is 17.4 Å². The standard InChI is InChI=1S/C18H16ClN3O/c1-13(23)20-18-11-17(15-7-9-16(19)10-8-15)21-22(18)12-14-5-3-2-4-6-14/h2-11H,12H2,1H3,(H,20,23). The molecule has 0 spiro atoms. The fourth-order valence-corrected chi connectivity index (χ4v) is 2.46. The monoisotopic (exact) mass is 325 g/mol. The van der Waals surface area contributed by atoms with Gasteiger partial charge in [0.1, 0.15) is 5.82 Å². The van der Waals surface area contributed by atoms with Crippen LogP contribution in [0.25, 0.3) is 11.3 Å². The quantitative estimate of drug-likeness (QED) is 0.781. The highest BCUT2D eigenvalue weighted by atomic mass is 35.5. The molecule has 4 nitrogen and oxygen atoms in total. The lowest BCUT2D eigenvalue weighted by atomic mass is 10.1. The van der Waals surface area contributed by atoms with E-state index in [1.165, 1.54) is 6.92 Å². The lowest BCUT2D eigenvalue weighted by molar-refractivity contribution is -0.114. The Hall–Kier alpha value is -2.59. The van der Waals surface area contributed by atoms with E-state index in [0.717, 1.165) is 16.8 Å². The molecule has 3 rings (SSSR count). The van der Waals surface area contributed by atoms with E-state index in [4.69, 9.17) is 11.6 Å². The Bertz CT molecular complexity index is 810. The van der Waals surface area contributed by atoms with Gasteiger partial charge in [0.2, 0.25) is 5.91 Å². The molecule has 0 radical (unpaired) electrons. The van der Waals surface area contributed by atoms with E-state index >= 15 is 0 Å². The van der Waals surface area contributed by atoms with Crippen LogP contribution in [0.3, 0.4) is 0 Å². The van der Waals surface area contributed by atoms with Crippen molar-refractivity contribution in [3.05, 3.63) is 71.2 Å². The number of hydrogen-bond donors (Lipinski definition) is 1. The van der Waals surface area contributed by atoms with Gasteiger partial charge in [-0.25, -0.2) is 4.68 Å². The number of nitrogens with zero attached hydrogens (tertiary/aromatic N) is 2. The fourth-order valence-electron chi connectivity index (χ4n) is 2.34. The Balaban J connectivity index is 1.96. The largest absolute Gasteiger partial charge is 0.311 e. The first-order valence-corrected chi connectivity index (χ1v) is 7.65. The van der Waals surface area contributed by atoms with Crippen molar-refractivity contribution in [2.75, 3.05) is 5.32 Å². The van der Waals surface area contributed by atoms with E-state index in [2.05, 4.69) is 10.4 Å². The van der Waals surface area contributed by atoms with Crippen molar-refractivity contribution >= 4 is 23.3 Å². The van der Waals surface area contributed by atoms with Crippen molar-refractivity contribution in [2.24, 2.45) is 0 Å². The molecule has 0 saturated carbocycles. The Labute approximate surface area is 139 Å². The summed E-state index contributed by atoms with van der Waals surface area (Å²) >= 11 is 5.93. The van der Waals surface area contributed by atoms with Crippen molar-refractivity contribution in [3.8, 4) is 11.3 Å². The van der Waals surface area contributed by atoms with E-state index in [1.807, 2.05) is 60.7 Å². The van der Waals surface area contributed by atoms with Gasteiger partial charge in [0.15, 0.2) is 0 Å². The van der Waals surface area contributed by atoms with Crippen LogP contribution < -0.4 is 5.32 Å². The molecule has 1 amide bonds. The summed E-state index contributed by atoms with van der Waals surface area (Å²) in [4.78, 5) is 11.4. The molecule has 0 fully saturated rings. The molecule has 1 N–H and O–H groups in total. The molecule has 0 saturated heterocycles. The van der Waals surface area contributed by atoms with Gasteiger partial charge in [-0.3, -0.25) is 4.79 Å². The van der Waals surface area contributed by atoms with Crippen LogP contribution >= 0.6 is 11.6 Å². The number of aromatic nitrogens is 2. The summed E-state index contributed by atoms with van der Waals surface area (Å²) in [6.45, 7) is 2.08. The van der Waals surface area contributed by atoms with Gasteiger partial charge in [-0.1, -0.05) is 54.1 Å². The number of hydrogen-bond acceptors (Lipinski definition) is 2. The van der Waals surface area contributed by atoms with Gasteiger partial charge in [0.05, 0.1) is 12.2 Å². The zero-order valence-corrected chi connectivity index (χ0v) is 13.4. The predicted octanol–water partition coefficient (Wildman–Crippen LogP) is 4.21. The molecule has 2 aromatic carbocycles.